The maximum Gasteiger partial charge on any atom is 0.293 e. The number of nitro groups is 1. The summed E-state index contributed by atoms with van der Waals surface area (Å²) in [7, 11) is 0. The molecule has 1 aliphatic heterocycles. The number of hydrogen-bond donors (Lipinski definition) is 2. The summed E-state index contributed by atoms with van der Waals surface area (Å²) >= 11 is 1.16. The third-order valence-electron chi connectivity index (χ3n) is 3.14. The molecule has 8 nitrogen and oxygen atoms in total. The van der Waals surface area contributed by atoms with Crippen molar-refractivity contribution in [2.75, 3.05) is 11.9 Å². The van der Waals surface area contributed by atoms with Crippen LogP contribution in [-0.4, -0.2) is 33.7 Å². The van der Waals surface area contributed by atoms with E-state index in [0.29, 0.717) is 17.3 Å². The van der Waals surface area contributed by atoms with Crippen molar-refractivity contribution in [3.63, 3.8) is 0 Å². The van der Waals surface area contributed by atoms with E-state index >= 15 is 0 Å². The minimum Gasteiger partial charge on any atom is -0.320 e. The van der Waals surface area contributed by atoms with Gasteiger partial charge in [-0.1, -0.05) is 23.9 Å². The van der Waals surface area contributed by atoms with Crippen LogP contribution in [0.15, 0.2) is 35.8 Å². The number of nitro benzene ring substituents is 1. The molecule has 1 fully saturated rings. The fourth-order valence-electron chi connectivity index (χ4n) is 2.03. The van der Waals surface area contributed by atoms with Crippen molar-refractivity contribution in [2.45, 2.75) is 18.6 Å². The Labute approximate surface area is 142 Å². The van der Waals surface area contributed by atoms with Crippen LogP contribution in [-0.2, 0) is 9.59 Å². The van der Waals surface area contributed by atoms with E-state index in [1.807, 2.05) is 0 Å². The fourth-order valence-corrected chi connectivity index (χ4v) is 3.01. The van der Waals surface area contributed by atoms with Gasteiger partial charge in [0.2, 0.25) is 11.8 Å². The van der Waals surface area contributed by atoms with Gasteiger partial charge in [-0.2, -0.15) is 0 Å². The summed E-state index contributed by atoms with van der Waals surface area (Å²) in [6.07, 6.45) is 1.49. The second-order valence-electron chi connectivity index (χ2n) is 5.06. The molecule has 126 valence electrons. The molecule has 2 amide bonds. The highest BCUT2D eigenvalue weighted by molar-refractivity contribution is 8.15. The molecular weight excluding hydrogens is 332 g/mol. The van der Waals surface area contributed by atoms with Crippen molar-refractivity contribution >= 4 is 40.1 Å². The second-order valence-corrected chi connectivity index (χ2v) is 6.25. The van der Waals surface area contributed by atoms with Gasteiger partial charge in [-0.3, -0.25) is 24.7 Å². The molecule has 0 spiro atoms. The number of nitrogens with one attached hydrogen (secondary N) is 2. The lowest BCUT2D eigenvalue weighted by Crippen LogP contribution is -2.28. The normalized spacial score (nSPS) is 18.3. The highest BCUT2D eigenvalue weighted by Gasteiger charge is 2.32. The number of carbonyl (C=O) groups excluding carboxylic acids is 2. The number of thioether (sulfide) groups is 1. The summed E-state index contributed by atoms with van der Waals surface area (Å²) in [4.78, 5) is 38.5. The second kappa shape index (κ2) is 7.73. The van der Waals surface area contributed by atoms with Crippen LogP contribution in [0.25, 0.3) is 0 Å². The number of amidine groups is 1. The number of nitrogens with zero attached hydrogens (tertiary/aromatic N) is 2. The van der Waals surface area contributed by atoms with Crippen molar-refractivity contribution in [3.8, 4) is 0 Å². The largest absolute Gasteiger partial charge is 0.320 e. The van der Waals surface area contributed by atoms with E-state index in [1.54, 1.807) is 19.1 Å². The SMILES string of the molecule is C=CCN=C1NC(=O)[C@@H](CC(=O)Nc2ccc(C)cc2[N+](=O)[O-])S1. The van der Waals surface area contributed by atoms with Crippen LogP contribution in [0.2, 0.25) is 0 Å². The average molecular weight is 348 g/mol. The molecule has 0 bridgehead atoms. The Kier molecular flexibility index (Phi) is 5.69. The third kappa shape index (κ3) is 4.42. The Hall–Kier alpha value is -2.68. The number of anilines is 1. The summed E-state index contributed by atoms with van der Waals surface area (Å²) in [5, 5.41) is 16.0. The molecule has 1 aromatic rings. The molecule has 0 unspecified atom stereocenters. The molecule has 0 aliphatic carbocycles. The Morgan fingerprint density at radius 2 is 2.33 bits per heavy atom. The summed E-state index contributed by atoms with van der Waals surface area (Å²) < 4.78 is 0. The Bertz CT molecular complexity index is 732. The van der Waals surface area contributed by atoms with Crippen LogP contribution in [0.3, 0.4) is 0 Å². The van der Waals surface area contributed by atoms with E-state index in [9.17, 15) is 19.7 Å². The number of rotatable bonds is 6. The maximum absolute atomic E-state index is 12.1. The zero-order valence-electron chi connectivity index (χ0n) is 12.9. The average Bonchev–Trinajstić information content (AvgIpc) is 2.86. The number of aryl methyl sites for hydroxylation is 1. The van der Waals surface area contributed by atoms with Crippen molar-refractivity contribution in [1.29, 1.82) is 0 Å². The van der Waals surface area contributed by atoms with E-state index in [0.717, 1.165) is 11.8 Å². The van der Waals surface area contributed by atoms with Gasteiger partial charge in [0.1, 0.15) is 10.9 Å². The zero-order valence-corrected chi connectivity index (χ0v) is 13.8. The first kappa shape index (κ1) is 17.7. The molecule has 0 radical (unpaired) electrons. The maximum atomic E-state index is 12.1. The number of carbonyl (C=O) groups is 2. The molecule has 1 heterocycles. The lowest BCUT2D eigenvalue weighted by Gasteiger charge is -2.08. The first-order valence-corrected chi connectivity index (χ1v) is 7.96. The van der Waals surface area contributed by atoms with Crippen molar-refractivity contribution in [2.24, 2.45) is 4.99 Å². The first-order chi connectivity index (χ1) is 11.4. The van der Waals surface area contributed by atoms with Gasteiger partial charge in [-0.15, -0.1) is 6.58 Å². The minimum absolute atomic E-state index is 0.103. The molecule has 1 saturated heterocycles. The van der Waals surface area contributed by atoms with Crippen LogP contribution in [0.5, 0.6) is 0 Å². The highest BCUT2D eigenvalue weighted by atomic mass is 32.2. The monoisotopic (exact) mass is 348 g/mol. The van der Waals surface area contributed by atoms with Gasteiger partial charge in [0.25, 0.3) is 5.69 Å². The van der Waals surface area contributed by atoms with Gasteiger partial charge in [-0.05, 0) is 18.6 Å². The zero-order chi connectivity index (χ0) is 17.7. The van der Waals surface area contributed by atoms with E-state index in [2.05, 4.69) is 22.2 Å². The Morgan fingerprint density at radius 3 is 3.00 bits per heavy atom. The molecule has 9 heteroatoms. The fraction of sp³-hybridized carbons (Fsp3) is 0.267. The lowest BCUT2D eigenvalue weighted by atomic mass is 10.2. The van der Waals surface area contributed by atoms with Crippen LogP contribution >= 0.6 is 11.8 Å². The van der Waals surface area contributed by atoms with Crippen LogP contribution < -0.4 is 10.6 Å². The van der Waals surface area contributed by atoms with Gasteiger partial charge in [0, 0.05) is 12.5 Å². The quantitative estimate of drug-likeness (QED) is 0.464. The van der Waals surface area contributed by atoms with Crippen molar-refractivity contribution in [3.05, 3.63) is 46.5 Å². The smallest absolute Gasteiger partial charge is 0.293 e. The summed E-state index contributed by atoms with van der Waals surface area (Å²) in [6.45, 7) is 5.63. The highest BCUT2D eigenvalue weighted by Crippen LogP contribution is 2.27. The van der Waals surface area contributed by atoms with Gasteiger partial charge in [0.05, 0.1) is 11.5 Å². The molecule has 0 aromatic heterocycles. The molecular formula is C15H16N4O4S. The van der Waals surface area contributed by atoms with E-state index < -0.39 is 16.1 Å². The minimum atomic E-state index is -0.613. The molecule has 1 atom stereocenters. The van der Waals surface area contributed by atoms with Crippen molar-refractivity contribution in [1.82, 2.24) is 5.32 Å². The first-order valence-electron chi connectivity index (χ1n) is 7.08. The summed E-state index contributed by atoms with van der Waals surface area (Å²) in [6, 6.07) is 4.52. The van der Waals surface area contributed by atoms with Crippen molar-refractivity contribution < 1.29 is 14.5 Å². The number of amides is 2. The van der Waals surface area contributed by atoms with E-state index in [-0.39, 0.29) is 23.7 Å². The molecule has 2 N–H and O–H groups in total. The summed E-state index contributed by atoms with van der Waals surface area (Å²) in [5.41, 5.74) is 0.646. The standard InChI is InChI=1S/C15H16N4O4S/c1-3-6-16-15-18-14(21)12(24-15)8-13(20)17-10-5-4-9(2)7-11(10)19(22)23/h3-5,7,12H,1,6,8H2,2H3,(H,17,20)(H,16,18,21)/t12-/m1/s1. The molecule has 24 heavy (non-hydrogen) atoms. The molecule has 1 aliphatic rings. The van der Waals surface area contributed by atoms with Gasteiger partial charge in [0.15, 0.2) is 5.17 Å². The predicted octanol–water partition coefficient (Wildman–Crippen LogP) is 2.01. The number of benzene rings is 1. The van der Waals surface area contributed by atoms with Crippen LogP contribution in [0, 0.1) is 17.0 Å². The summed E-state index contributed by atoms with van der Waals surface area (Å²) in [5.74, 6) is -0.782. The lowest BCUT2D eigenvalue weighted by molar-refractivity contribution is -0.384. The van der Waals surface area contributed by atoms with Gasteiger partial charge in [-0.25, -0.2) is 0 Å². The molecule has 2 rings (SSSR count). The third-order valence-corrected chi connectivity index (χ3v) is 4.25. The van der Waals surface area contributed by atoms with Crippen LogP contribution in [0.1, 0.15) is 12.0 Å². The van der Waals surface area contributed by atoms with Gasteiger partial charge < -0.3 is 10.6 Å². The number of hydrogen-bond acceptors (Lipinski definition) is 6. The van der Waals surface area contributed by atoms with Gasteiger partial charge >= 0.3 is 0 Å². The predicted molar refractivity (Wildman–Crippen MR) is 93.1 cm³/mol. The topological polar surface area (TPSA) is 114 Å². The molecule has 1 aromatic carbocycles. The van der Waals surface area contributed by atoms with E-state index in [1.165, 1.54) is 12.1 Å². The molecule has 0 saturated carbocycles. The number of aliphatic imine (C=N–C) groups is 1. The Balaban J connectivity index is 2.03. The van der Waals surface area contributed by atoms with Crippen LogP contribution in [0.4, 0.5) is 11.4 Å². The Morgan fingerprint density at radius 1 is 1.58 bits per heavy atom. The van der Waals surface area contributed by atoms with E-state index in [4.69, 9.17) is 0 Å².